The normalized spacial score (nSPS) is 17.2. The molecule has 0 radical (unpaired) electrons. The van der Waals surface area contributed by atoms with E-state index >= 15 is 0 Å². The lowest BCUT2D eigenvalue weighted by Crippen LogP contribution is -2.34. The van der Waals surface area contributed by atoms with Gasteiger partial charge in [0, 0.05) is 28.4 Å². The van der Waals surface area contributed by atoms with E-state index in [4.69, 9.17) is 21.3 Å². The molecule has 0 spiro atoms. The highest BCUT2D eigenvalue weighted by Crippen LogP contribution is 2.45. The molecule has 2 unspecified atom stereocenters. The summed E-state index contributed by atoms with van der Waals surface area (Å²) in [5.74, 6) is -1.13. The number of carbonyl (C=O) groups excluding carboxylic acids is 2. The van der Waals surface area contributed by atoms with E-state index in [0.29, 0.717) is 28.5 Å². The minimum absolute atomic E-state index is 0.173. The van der Waals surface area contributed by atoms with Crippen LogP contribution < -0.4 is 0 Å². The number of esters is 1. The summed E-state index contributed by atoms with van der Waals surface area (Å²) in [7, 11) is 0. The predicted molar refractivity (Wildman–Crippen MR) is 128 cm³/mol. The van der Waals surface area contributed by atoms with E-state index in [9.17, 15) is 9.59 Å². The summed E-state index contributed by atoms with van der Waals surface area (Å²) in [6, 6.07) is 17.0. The number of benzene rings is 2. The van der Waals surface area contributed by atoms with E-state index in [2.05, 4.69) is 5.10 Å². The second kappa shape index (κ2) is 10.1. The van der Waals surface area contributed by atoms with Crippen LogP contribution in [0, 0.1) is 5.92 Å². The first-order valence-corrected chi connectivity index (χ1v) is 11.6. The van der Waals surface area contributed by atoms with Gasteiger partial charge in [0.25, 0.3) is 5.91 Å². The van der Waals surface area contributed by atoms with Crippen molar-refractivity contribution in [2.45, 2.75) is 39.0 Å². The van der Waals surface area contributed by atoms with Crippen molar-refractivity contribution in [1.82, 2.24) is 9.78 Å². The summed E-state index contributed by atoms with van der Waals surface area (Å²) in [4.78, 5) is 30.9. The molecule has 0 saturated heterocycles. The van der Waals surface area contributed by atoms with Crippen molar-refractivity contribution < 1.29 is 14.3 Å². The quantitative estimate of drug-likeness (QED) is 0.426. The van der Waals surface area contributed by atoms with Crippen molar-refractivity contribution in [3.8, 4) is 0 Å². The summed E-state index contributed by atoms with van der Waals surface area (Å²) in [5, 5.41) is 5.05. The predicted octanol–water partition coefficient (Wildman–Crippen LogP) is 5.62. The Balaban J connectivity index is 1.81. The van der Waals surface area contributed by atoms with Crippen molar-refractivity contribution in [3.05, 3.63) is 82.5 Å². The summed E-state index contributed by atoms with van der Waals surface area (Å²) < 4.78 is 6.78. The highest BCUT2D eigenvalue weighted by molar-refractivity contribution is 6.31. The van der Waals surface area contributed by atoms with Gasteiger partial charge in [-0.3, -0.25) is 9.59 Å². The lowest BCUT2D eigenvalue weighted by atomic mass is 9.76. The number of aromatic nitrogens is 2. The van der Waals surface area contributed by atoms with Crippen LogP contribution in [0.15, 0.2) is 65.8 Å². The van der Waals surface area contributed by atoms with Gasteiger partial charge in [0.15, 0.2) is 5.82 Å². The van der Waals surface area contributed by atoms with Gasteiger partial charge >= 0.3 is 5.97 Å². The molecular formula is C26H26ClN3O3. The smallest absolute Gasteiger partial charge is 0.315 e. The minimum atomic E-state index is -0.626. The minimum Gasteiger partial charge on any atom is -0.465 e. The van der Waals surface area contributed by atoms with Crippen molar-refractivity contribution >= 4 is 35.0 Å². The van der Waals surface area contributed by atoms with Crippen LogP contribution in [-0.4, -0.2) is 34.0 Å². The fourth-order valence-corrected chi connectivity index (χ4v) is 4.54. The van der Waals surface area contributed by atoms with E-state index in [0.717, 1.165) is 17.5 Å². The molecule has 6 nitrogen and oxygen atoms in total. The van der Waals surface area contributed by atoms with Gasteiger partial charge in [-0.1, -0.05) is 73.5 Å². The number of nitrogens with zero attached hydrogens (tertiary/aromatic N) is 3. The average Bonchev–Trinajstić information content (AvgIpc) is 3.24. The van der Waals surface area contributed by atoms with Crippen LogP contribution in [0.2, 0.25) is 5.02 Å². The molecule has 1 aliphatic heterocycles. The maximum atomic E-state index is 13.1. The standard InChI is InChI=1S/C26H26ClN3O3/c1-3-10-21-24(26(32)33-4-2)23(18-13-8-9-14-20(18)27)19-16-30(29-25(19)28-21)22(31)15-17-11-6-5-7-12-17/h5-9,11-14,16,23-24H,3-4,10,15H2,1-2H3. The number of fused-ring (bicyclic) bond motifs is 1. The highest BCUT2D eigenvalue weighted by atomic mass is 35.5. The third-order valence-electron chi connectivity index (χ3n) is 5.74. The van der Waals surface area contributed by atoms with E-state index in [1.807, 2.05) is 55.5 Å². The van der Waals surface area contributed by atoms with E-state index < -0.39 is 11.8 Å². The number of aliphatic imine (C=N–C) groups is 1. The van der Waals surface area contributed by atoms with Crippen LogP contribution in [0.5, 0.6) is 0 Å². The fraction of sp³-hybridized carbons (Fsp3) is 0.308. The Bertz CT molecular complexity index is 1190. The van der Waals surface area contributed by atoms with Gasteiger partial charge < -0.3 is 4.74 Å². The molecule has 2 aromatic carbocycles. The zero-order chi connectivity index (χ0) is 23.4. The number of hydrogen-bond donors (Lipinski definition) is 0. The molecule has 4 rings (SSSR count). The maximum absolute atomic E-state index is 13.1. The molecule has 0 aliphatic carbocycles. The molecule has 2 atom stereocenters. The monoisotopic (exact) mass is 463 g/mol. The summed E-state index contributed by atoms with van der Waals surface area (Å²) in [6.45, 7) is 4.09. The SMILES string of the molecule is CCCC1=Nc2nn(C(=O)Cc3ccccc3)cc2C(c2ccccc2Cl)C1C(=O)OCC. The van der Waals surface area contributed by atoms with Gasteiger partial charge in [0.2, 0.25) is 0 Å². The first-order chi connectivity index (χ1) is 16.0. The van der Waals surface area contributed by atoms with E-state index in [-0.39, 0.29) is 24.9 Å². The number of ether oxygens (including phenoxy) is 1. The van der Waals surface area contributed by atoms with Gasteiger partial charge in [-0.05, 0) is 30.5 Å². The van der Waals surface area contributed by atoms with E-state index in [1.165, 1.54) is 4.68 Å². The van der Waals surface area contributed by atoms with Crippen LogP contribution in [0.1, 0.15) is 54.1 Å². The van der Waals surface area contributed by atoms with Gasteiger partial charge in [-0.2, -0.15) is 0 Å². The van der Waals surface area contributed by atoms with Gasteiger partial charge in [0.05, 0.1) is 13.0 Å². The number of rotatable bonds is 7. The molecule has 7 heteroatoms. The van der Waals surface area contributed by atoms with Crippen molar-refractivity contribution in [2.75, 3.05) is 6.61 Å². The molecule has 0 amide bonds. The third kappa shape index (κ3) is 4.76. The summed E-state index contributed by atoms with van der Waals surface area (Å²) in [6.07, 6.45) is 3.33. The molecule has 33 heavy (non-hydrogen) atoms. The highest BCUT2D eigenvalue weighted by Gasteiger charge is 2.42. The molecule has 1 aliphatic rings. The first-order valence-electron chi connectivity index (χ1n) is 11.2. The van der Waals surface area contributed by atoms with Crippen LogP contribution in [0.25, 0.3) is 0 Å². The Morgan fingerprint density at radius 2 is 1.76 bits per heavy atom. The van der Waals surface area contributed by atoms with E-state index in [1.54, 1.807) is 19.2 Å². The van der Waals surface area contributed by atoms with Crippen LogP contribution >= 0.6 is 11.6 Å². The lowest BCUT2D eigenvalue weighted by Gasteiger charge is -2.30. The molecule has 0 bridgehead atoms. The topological polar surface area (TPSA) is 73.5 Å². The molecule has 0 N–H and O–H groups in total. The Morgan fingerprint density at radius 3 is 2.45 bits per heavy atom. The lowest BCUT2D eigenvalue weighted by molar-refractivity contribution is -0.146. The van der Waals surface area contributed by atoms with Crippen LogP contribution in [-0.2, 0) is 16.0 Å². The van der Waals surface area contributed by atoms with Crippen molar-refractivity contribution in [1.29, 1.82) is 0 Å². The van der Waals surface area contributed by atoms with Gasteiger partial charge in [-0.15, -0.1) is 5.10 Å². The van der Waals surface area contributed by atoms with Crippen molar-refractivity contribution in [2.24, 2.45) is 10.9 Å². The number of halogens is 1. The summed E-state index contributed by atoms with van der Waals surface area (Å²) in [5.41, 5.74) is 3.09. The zero-order valence-electron chi connectivity index (χ0n) is 18.7. The number of hydrogen-bond acceptors (Lipinski definition) is 5. The summed E-state index contributed by atoms with van der Waals surface area (Å²) >= 11 is 6.59. The third-order valence-corrected chi connectivity index (χ3v) is 6.08. The molecular weight excluding hydrogens is 438 g/mol. The Labute approximate surface area is 198 Å². The number of carbonyl (C=O) groups is 2. The average molecular weight is 464 g/mol. The Kier molecular flexibility index (Phi) is 7.04. The Hall–Kier alpha value is -3.25. The second-order valence-corrected chi connectivity index (χ2v) is 8.40. The van der Waals surface area contributed by atoms with Crippen LogP contribution in [0.4, 0.5) is 5.82 Å². The second-order valence-electron chi connectivity index (χ2n) is 7.99. The largest absolute Gasteiger partial charge is 0.465 e. The molecule has 0 fully saturated rings. The van der Waals surface area contributed by atoms with Crippen LogP contribution in [0.3, 0.4) is 0 Å². The molecule has 1 aromatic heterocycles. The van der Waals surface area contributed by atoms with Crippen molar-refractivity contribution in [3.63, 3.8) is 0 Å². The molecule has 3 aromatic rings. The molecule has 2 heterocycles. The van der Waals surface area contributed by atoms with Gasteiger partial charge in [0.1, 0.15) is 5.92 Å². The zero-order valence-corrected chi connectivity index (χ0v) is 19.5. The first kappa shape index (κ1) is 22.9. The van der Waals surface area contributed by atoms with Gasteiger partial charge in [-0.25, -0.2) is 9.67 Å². The fourth-order valence-electron chi connectivity index (χ4n) is 4.29. The molecule has 0 saturated carbocycles. The Morgan fingerprint density at radius 1 is 1.03 bits per heavy atom. The molecule has 170 valence electrons. The maximum Gasteiger partial charge on any atom is 0.315 e.